The van der Waals surface area contributed by atoms with Gasteiger partial charge >= 0.3 is 0 Å². The number of nitrogens with one attached hydrogen (secondary N) is 1. The minimum absolute atomic E-state index is 0.0302. The summed E-state index contributed by atoms with van der Waals surface area (Å²) in [5.74, 6) is -1.10. The summed E-state index contributed by atoms with van der Waals surface area (Å²) in [5, 5.41) is 18.0. The first kappa shape index (κ1) is 24.8. The van der Waals surface area contributed by atoms with Gasteiger partial charge in [0.2, 0.25) is 11.8 Å². The third-order valence-corrected chi connectivity index (χ3v) is 6.60. The van der Waals surface area contributed by atoms with Crippen LogP contribution in [0.25, 0.3) is 11.7 Å². The fourth-order valence-electron chi connectivity index (χ4n) is 4.63. The van der Waals surface area contributed by atoms with Gasteiger partial charge in [-0.2, -0.15) is 9.61 Å². The second-order valence-corrected chi connectivity index (χ2v) is 9.96. The topological polar surface area (TPSA) is 118 Å². The lowest BCUT2D eigenvalue weighted by Gasteiger charge is -2.35. The number of hydrogen-bond acceptors (Lipinski definition) is 6. The molecular weight excluding hydrogens is 474 g/mol. The molecule has 1 saturated heterocycles. The van der Waals surface area contributed by atoms with E-state index in [0.29, 0.717) is 37.5 Å². The molecule has 1 aliphatic heterocycles. The summed E-state index contributed by atoms with van der Waals surface area (Å²) >= 11 is 0. The quantitative estimate of drug-likeness (QED) is 0.476. The van der Waals surface area contributed by atoms with Crippen molar-refractivity contribution in [3.8, 4) is 5.88 Å². The molecule has 194 valence electrons. The number of aromatic nitrogens is 3. The molecule has 3 heterocycles. The normalized spacial score (nSPS) is 18.1. The molecule has 1 saturated carbocycles. The Bertz CT molecular complexity index is 1400. The molecule has 10 nitrogen and oxygen atoms in total. The Morgan fingerprint density at radius 1 is 1.24 bits per heavy atom. The van der Waals surface area contributed by atoms with Crippen LogP contribution < -0.4 is 10.9 Å². The van der Waals surface area contributed by atoms with Crippen LogP contribution in [0.4, 0.5) is 0 Å². The molecule has 37 heavy (non-hydrogen) atoms. The molecule has 2 aromatic heterocycles. The third-order valence-electron chi connectivity index (χ3n) is 6.60. The van der Waals surface area contributed by atoms with E-state index in [4.69, 9.17) is 4.74 Å². The van der Waals surface area contributed by atoms with Gasteiger partial charge in [0.1, 0.15) is 5.65 Å². The molecule has 10 heteroatoms. The summed E-state index contributed by atoms with van der Waals surface area (Å²) in [6, 6.07) is 9.56. The zero-order valence-electron chi connectivity index (χ0n) is 21.0. The van der Waals surface area contributed by atoms with Crippen LogP contribution in [-0.4, -0.2) is 61.8 Å². The predicted molar refractivity (Wildman–Crippen MR) is 137 cm³/mol. The second kappa shape index (κ2) is 10.2. The lowest BCUT2D eigenvalue weighted by Crippen LogP contribution is -2.42. The van der Waals surface area contributed by atoms with Gasteiger partial charge in [-0.1, -0.05) is 44.2 Å². The van der Waals surface area contributed by atoms with Crippen molar-refractivity contribution in [1.29, 1.82) is 0 Å². The van der Waals surface area contributed by atoms with E-state index in [1.165, 1.54) is 16.8 Å². The minimum Gasteiger partial charge on any atom is -0.494 e. The number of hydrogen-bond donors (Lipinski definition) is 2. The average molecular weight is 506 g/mol. The van der Waals surface area contributed by atoms with Gasteiger partial charge in [-0.15, -0.1) is 0 Å². The number of rotatable bonds is 7. The third kappa shape index (κ3) is 5.01. The summed E-state index contributed by atoms with van der Waals surface area (Å²) in [6.45, 7) is 5.60. The van der Waals surface area contributed by atoms with Crippen LogP contribution in [0, 0.1) is 5.92 Å². The maximum absolute atomic E-state index is 13.2. The highest BCUT2D eigenvalue weighted by atomic mass is 16.5. The van der Waals surface area contributed by atoms with Gasteiger partial charge < -0.3 is 20.1 Å². The first-order chi connectivity index (χ1) is 17.8. The van der Waals surface area contributed by atoms with Crippen LogP contribution in [0.1, 0.15) is 54.2 Å². The van der Waals surface area contributed by atoms with E-state index in [1.807, 2.05) is 44.2 Å². The number of carbonyl (C=O) groups is 2. The molecule has 0 radical (unpaired) electrons. The monoisotopic (exact) mass is 505 g/mol. The number of ether oxygens (including phenoxy) is 1. The van der Waals surface area contributed by atoms with E-state index in [1.54, 1.807) is 11.0 Å². The van der Waals surface area contributed by atoms with E-state index in [9.17, 15) is 19.5 Å². The molecule has 2 amide bonds. The molecule has 3 aromatic rings. The molecule has 5 rings (SSSR count). The second-order valence-electron chi connectivity index (χ2n) is 9.96. The van der Waals surface area contributed by atoms with Crippen molar-refractivity contribution >= 4 is 23.5 Å². The standard InChI is InChI=1S/C27H31N5O5/c1-17(2)15-31-25-19(14-28-32(25)27(36)23(26(31)35)24(34)29-20-9-10-20)8-11-22(33)30-12-13-37-16-21(30)18-6-4-3-5-7-18/h3-8,11,14,17,20-21,35H,9-10,12-13,15-16H2,1-2H3,(H,29,34)/b11-8+/t21-/m0/s1. The number of carbonyl (C=O) groups excluding carboxylic acids is 2. The Balaban J connectivity index is 1.50. The molecular formula is C27H31N5O5. The lowest BCUT2D eigenvalue weighted by molar-refractivity contribution is -0.134. The molecule has 2 fully saturated rings. The molecule has 0 spiro atoms. The van der Waals surface area contributed by atoms with E-state index >= 15 is 0 Å². The number of amides is 2. The highest BCUT2D eigenvalue weighted by Gasteiger charge is 2.30. The highest BCUT2D eigenvalue weighted by molar-refractivity contribution is 5.97. The van der Waals surface area contributed by atoms with E-state index in [2.05, 4.69) is 10.4 Å². The van der Waals surface area contributed by atoms with Gasteiger partial charge in [-0.05, 0) is 30.4 Å². The van der Waals surface area contributed by atoms with Gasteiger partial charge in [0.25, 0.3) is 11.5 Å². The Morgan fingerprint density at radius 3 is 2.70 bits per heavy atom. The van der Waals surface area contributed by atoms with Gasteiger partial charge in [-0.3, -0.25) is 19.0 Å². The smallest absolute Gasteiger partial charge is 0.291 e. The molecule has 1 aliphatic carbocycles. The van der Waals surface area contributed by atoms with Crippen LogP contribution in [0.5, 0.6) is 5.88 Å². The van der Waals surface area contributed by atoms with Crippen LogP contribution >= 0.6 is 0 Å². The molecule has 0 unspecified atom stereocenters. The van der Waals surface area contributed by atoms with E-state index in [0.717, 1.165) is 22.9 Å². The maximum atomic E-state index is 13.2. The number of fused-ring (bicyclic) bond motifs is 1. The average Bonchev–Trinajstić information content (AvgIpc) is 3.60. The van der Waals surface area contributed by atoms with Gasteiger partial charge in [0, 0.05) is 30.8 Å². The van der Waals surface area contributed by atoms with Crippen LogP contribution in [0.3, 0.4) is 0 Å². The highest BCUT2D eigenvalue weighted by Crippen LogP contribution is 2.26. The molecule has 2 aliphatic rings. The van der Waals surface area contributed by atoms with Crippen LogP contribution in [0.2, 0.25) is 0 Å². The summed E-state index contributed by atoms with van der Waals surface area (Å²) in [4.78, 5) is 41.0. The molecule has 0 bridgehead atoms. The van der Waals surface area contributed by atoms with E-state index < -0.39 is 17.3 Å². The number of nitrogens with zero attached hydrogens (tertiary/aromatic N) is 4. The van der Waals surface area contributed by atoms with Crippen molar-refractivity contribution in [3.63, 3.8) is 0 Å². The van der Waals surface area contributed by atoms with Crippen molar-refractivity contribution in [1.82, 2.24) is 24.4 Å². The Morgan fingerprint density at radius 2 is 2.00 bits per heavy atom. The zero-order chi connectivity index (χ0) is 26.1. The first-order valence-corrected chi connectivity index (χ1v) is 12.6. The lowest BCUT2D eigenvalue weighted by atomic mass is 10.0. The summed E-state index contributed by atoms with van der Waals surface area (Å²) < 4.78 is 8.27. The molecule has 1 aromatic carbocycles. The van der Waals surface area contributed by atoms with Crippen LogP contribution in [-0.2, 0) is 16.1 Å². The largest absolute Gasteiger partial charge is 0.494 e. The van der Waals surface area contributed by atoms with Crippen molar-refractivity contribution in [2.24, 2.45) is 5.92 Å². The SMILES string of the molecule is CC(C)Cn1c(O)c(C(=O)NC2CC2)c(=O)n2ncc(/C=C/C(=O)N3CCOC[C@H]3c3ccccc3)c12. The van der Waals surface area contributed by atoms with Gasteiger partial charge in [0.15, 0.2) is 5.56 Å². The van der Waals surface area contributed by atoms with Gasteiger partial charge in [0.05, 0.1) is 25.5 Å². The van der Waals surface area contributed by atoms with Crippen molar-refractivity contribution in [2.45, 2.75) is 45.3 Å². The van der Waals surface area contributed by atoms with Gasteiger partial charge in [-0.25, -0.2) is 0 Å². The van der Waals surface area contributed by atoms with Crippen molar-refractivity contribution in [3.05, 3.63) is 69.6 Å². The number of morpholine rings is 1. The van der Waals surface area contributed by atoms with Crippen molar-refractivity contribution < 1.29 is 19.4 Å². The Kier molecular flexibility index (Phi) is 6.84. The van der Waals surface area contributed by atoms with E-state index in [-0.39, 0.29) is 29.5 Å². The maximum Gasteiger partial charge on any atom is 0.291 e. The van der Waals surface area contributed by atoms with Crippen molar-refractivity contribution in [2.75, 3.05) is 19.8 Å². The Hall–Kier alpha value is -3.92. The minimum atomic E-state index is -0.700. The fourth-order valence-corrected chi connectivity index (χ4v) is 4.63. The fraction of sp³-hybridized carbons (Fsp3) is 0.407. The van der Waals surface area contributed by atoms with Crippen LogP contribution in [0.15, 0.2) is 47.4 Å². The first-order valence-electron chi connectivity index (χ1n) is 12.6. The zero-order valence-corrected chi connectivity index (χ0v) is 21.0. The molecule has 1 atom stereocenters. The summed E-state index contributed by atoms with van der Waals surface area (Å²) in [6.07, 6.45) is 6.23. The predicted octanol–water partition coefficient (Wildman–Crippen LogP) is 2.36. The Labute approximate surface area is 214 Å². The summed E-state index contributed by atoms with van der Waals surface area (Å²) in [5.41, 5.74) is 0.778. The summed E-state index contributed by atoms with van der Waals surface area (Å²) in [7, 11) is 0. The number of aromatic hydroxyl groups is 1. The molecule has 2 N–H and O–H groups in total. The number of benzene rings is 1.